The van der Waals surface area contributed by atoms with E-state index in [1.54, 1.807) is 6.92 Å². The molecule has 1 rings (SSSR count). The molecule has 0 fully saturated rings. The van der Waals surface area contributed by atoms with Crippen LogP contribution < -0.4 is 11.3 Å². The van der Waals surface area contributed by atoms with Crippen LogP contribution in [0.1, 0.15) is 13.3 Å². The van der Waals surface area contributed by atoms with Crippen molar-refractivity contribution >= 4 is 31.8 Å². The second-order valence-electron chi connectivity index (χ2n) is 3.55. The Labute approximate surface area is 120 Å². The van der Waals surface area contributed by atoms with Gasteiger partial charge in [-0.05, 0) is 22.0 Å². The zero-order valence-electron chi connectivity index (χ0n) is 10.3. The Bertz CT molecular complexity index is 584. The molecule has 0 aliphatic rings. The van der Waals surface area contributed by atoms with Gasteiger partial charge in [0.2, 0.25) is 10.0 Å². The fraction of sp³-hybridized carbons (Fsp3) is 0.400. The first-order chi connectivity index (χ1) is 8.97. The van der Waals surface area contributed by atoms with Crippen LogP contribution in [0.2, 0.25) is 0 Å². The zero-order chi connectivity index (χ0) is 14.5. The molecule has 0 unspecified atom stereocenters. The van der Waals surface area contributed by atoms with Gasteiger partial charge in [-0.15, -0.1) is 0 Å². The molecule has 0 atom stereocenters. The summed E-state index contributed by atoms with van der Waals surface area (Å²) in [4.78, 5) is 3.88. The first kappa shape index (κ1) is 15.8. The summed E-state index contributed by atoms with van der Waals surface area (Å²) in [6, 6.07) is 3.35. The van der Waals surface area contributed by atoms with E-state index in [9.17, 15) is 8.42 Å². The summed E-state index contributed by atoms with van der Waals surface area (Å²) in [5.74, 6) is 5.34. The van der Waals surface area contributed by atoms with Crippen LogP contribution in [0.25, 0.3) is 0 Å². The quantitative estimate of drug-likeness (QED) is 0.587. The Hall–Kier alpha value is -1.21. The number of hydrogen-bond donors (Lipinski definition) is 2. The van der Waals surface area contributed by atoms with Crippen molar-refractivity contribution in [1.29, 1.82) is 5.26 Å². The minimum atomic E-state index is -3.74. The van der Waals surface area contributed by atoms with Crippen LogP contribution in [0.15, 0.2) is 21.6 Å². The highest BCUT2D eigenvalue weighted by Crippen LogP contribution is 2.25. The van der Waals surface area contributed by atoms with Gasteiger partial charge in [0.15, 0.2) is 5.82 Å². The lowest BCUT2D eigenvalue weighted by Gasteiger charge is -2.20. The molecule has 0 aliphatic heterocycles. The van der Waals surface area contributed by atoms with Crippen molar-refractivity contribution in [2.45, 2.75) is 18.2 Å². The molecule has 104 valence electrons. The summed E-state index contributed by atoms with van der Waals surface area (Å²) in [5, 5.41) is 8.57. The van der Waals surface area contributed by atoms with Crippen molar-refractivity contribution in [3.05, 3.63) is 16.7 Å². The average molecular weight is 348 g/mol. The van der Waals surface area contributed by atoms with Gasteiger partial charge in [-0.3, -0.25) is 0 Å². The number of hydrazine groups is 1. The van der Waals surface area contributed by atoms with E-state index in [0.717, 1.165) is 0 Å². The Kier molecular flexibility index (Phi) is 5.68. The largest absolute Gasteiger partial charge is 0.307 e. The van der Waals surface area contributed by atoms with Gasteiger partial charge in [-0.1, -0.05) is 6.92 Å². The Morgan fingerprint density at radius 3 is 2.84 bits per heavy atom. The molecule has 19 heavy (non-hydrogen) atoms. The van der Waals surface area contributed by atoms with Crippen LogP contribution in [-0.4, -0.2) is 30.8 Å². The van der Waals surface area contributed by atoms with Crippen molar-refractivity contribution in [2.24, 2.45) is 5.84 Å². The predicted molar refractivity (Wildman–Crippen MR) is 74.4 cm³/mol. The minimum absolute atomic E-state index is 0.0239. The van der Waals surface area contributed by atoms with E-state index >= 15 is 0 Å². The molecule has 1 aromatic rings. The number of anilines is 1. The molecule has 9 heteroatoms. The highest BCUT2D eigenvalue weighted by Gasteiger charge is 2.26. The number of rotatable bonds is 6. The molecule has 0 saturated carbocycles. The summed E-state index contributed by atoms with van der Waals surface area (Å²) in [6.07, 6.45) is 1.57. The summed E-state index contributed by atoms with van der Waals surface area (Å²) < 4.78 is 26.7. The first-order valence-electron chi connectivity index (χ1n) is 5.46. The second kappa shape index (κ2) is 6.81. The number of aromatic nitrogens is 1. The fourth-order valence-electron chi connectivity index (χ4n) is 1.49. The molecule has 3 N–H and O–H groups in total. The molecule has 0 amide bonds. The summed E-state index contributed by atoms with van der Waals surface area (Å²) >= 11 is 3.18. The van der Waals surface area contributed by atoms with E-state index < -0.39 is 10.0 Å². The normalized spacial score (nSPS) is 11.3. The summed E-state index contributed by atoms with van der Waals surface area (Å²) in [7, 11) is -3.74. The maximum absolute atomic E-state index is 12.5. The van der Waals surface area contributed by atoms with Gasteiger partial charge < -0.3 is 5.43 Å². The Balaban J connectivity index is 3.25. The topological polar surface area (TPSA) is 112 Å². The van der Waals surface area contributed by atoms with Gasteiger partial charge in [0.25, 0.3) is 0 Å². The molecule has 1 aromatic heterocycles. The SMILES string of the molecule is CCN(CCC#N)S(=O)(=O)c1cc(Br)cnc1NN. The molecule has 0 aromatic carbocycles. The third-order valence-corrected chi connectivity index (χ3v) is 4.82. The molecule has 0 spiro atoms. The lowest BCUT2D eigenvalue weighted by molar-refractivity contribution is 0.435. The molecule has 0 saturated heterocycles. The number of hydrogen-bond acceptors (Lipinski definition) is 6. The number of sulfonamides is 1. The fourth-order valence-corrected chi connectivity index (χ4v) is 3.55. The highest BCUT2D eigenvalue weighted by atomic mass is 79.9. The van der Waals surface area contributed by atoms with Crippen molar-refractivity contribution < 1.29 is 8.42 Å². The van der Waals surface area contributed by atoms with E-state index in [0.29, 0.717) is 4.47 Å². The van der Waals surface area contributed by atoms with Crippen molar-refractivity contribution in [3.8, 4) is 6.07 Å². The molecule has 0 bridgehead atoms. The monoisotopic (exact) mass is 347 g/mol. The van der Waals surface area contributed by atoms with Crippen LogP contribution in [0, 0.1) is 11.3 Å². The van der Waals surface area contributed by atoms with E-state index in [2.05, 4.69) is 26.3 Å². The number of nitrogens with zero attached hydrogens (tertiary/aromatic N) is 3. The summed E-state index contributed by atoms with van der Waals surface area (Å²) in [6.45, 7) is 2.10. The van der Waals surface area contributed by atoms with Crippen LogP contribution in [0.3, 0.4) is 0 Å². The Morgan fingerprint density at radius 2 is 2.32 bits per heavy atom. The first-order valence-corrected chi connectivity index (χ1v) is 7.70. The van der Waals surface area contributed by atoms with Gasteiger partial charge in [-0.25, -0.2) is 19.2 Å². The van der Waals surface area contributed by atoms with Gasteiger partial charge in [0.1, 0.15) is 4.90 Å². The lowest BCUT2D eigenvalue weighted by atomic mass is 10.4. The van der Waals surface area contributed by atoms with Crippen LogP contribution in [0.5, 0.6) is 0 Å². The highest BCUT2D eigenvalue weighted by molar-refractivity contribution is 9.10. The number of nitriles is 1. The van der Waals surface area contributed by atoms with Gasteiger partial charge in [-0.2, -0.15) is 9.57 Å². The minimum Gasteiger partial charge on any atom is -0.307 e. The smallest absolute Gasteiger partial charge is 0.246 e. The number of nitrogens with one attached hydrogen (secondary N) is 1. The second-order valence-corrected chi connectivity index (χ2v) is 6.37. The molecular weight excluding hydrogens is 334 g/mol. The van der Waals surface area contributed by atoms with E-state index in [1.807, 2.05) is 6.07 Å². The predicted octanol–water partition coefficient (Wildman–Crippen LogP) is 1.05. The third kappa shape index (κ3) is 3.63. The summed E-state index contributed by atoms with van der Waals surface area (Å²) in [5.41, 5.74) is 2.26. The Morgan fingerprint density at radius 1 is 1.63 bits per heavy atom. The maximum atomic E-state index is 12.5. The van der Waals surface area contributed by atoms with Gasteiger partial charge in [0, 0.05) is 30.2 Å². The number of pyridine rings is 1. The molecule has 0 aliphatic carbocycles. The lowest BCUT2D eigenvalue weighted by Crippen LogP contribution is -2.32. The van der Waals surface area contributed by atoms with E-state index in [-0.39, 0.29) is 30.2 Å². The molecule has 1 heterocycles. The standard InChI is InChI=1S/C10H14BrN5O2S/c1-2-16(5-3-4-12)19(17,18)9-6-8(11)7-14-10(9)15-13/h6-7H,2-3,5,13H2,1H3,(H,14,15). The molecule has 7 nitrogen and oxygen atoms in total. The van der Waals surface area contributed by atoms with Crippen LogP contribution in [0.4, 0.5) is 5.82 Å². The average Bonchev–Trinajstić information content (AvgIpc) is 2.39. The maximum Gasteiger partial charge on any atom is 0.246 e. The number of halogens is 1. The number of nitrogen functional groups attached to an aromatic ring is 1. The zero-order valence-corrected chi connectivity index (χ0v) is 12.7. The van der Waals surface area contributed by atoms with Crippen molar-refractivity contribution in [2.75, 3.05) is 18.5 Å². The number of nitrogens with two attached hydrogens (primary N) is 1. The van der Waals surface area contributed by atoms with Crippen LogP contribution in [-0.2, 0) is 10.0 Å². The molecular formula is C10H14BrN5O2S. The van der Waals surface area contributed by atoms with E-state index in [4.69, 9.17) is 11.1 Å². The van der Waals surface area contributed by atoms with Crippen molar-refractivity contribution in [3.63, 3.8) is 0 Å². The van der Waals surface area contributed by atoms with Gasteiger partial charge >= 0.3 is 0 Å². The van der Waals surface area contributed by atoms with Crippen molar-refractivity contribution in [1.82, 2.24) is 9.29 Å². The third-order valence-electron chi connectivity index (χ3n) is 2.40. The van der Waals surface area contributed by atoms with Gasteiger partial charge in [0.05, 0.1) is 6.07 Å². The molecule has 0 radical (unpaired) electrons. The van der Waals surface area contributed by atoms with E-state index in [1.165, 1.54) is 16.6 Å². The van der Waals surface area contributed by atoms with Crippen LogP contribution >= 0.6 is 15.9 Å².